The largest absolute Gasteiger partial charge is 0.360 e. The van der Waals surface area contributed by atoms with Crippen LogP contribution in [0.2, 0.25) is 0 Å². The van der Waals surface area contributed by atoms with Crippen molar-refractivity contribution in [2.45, 2.75) is 12.8 Å². The number of carbonyl (C=O) groups excluding carboxylic acids is 2. The molecule has 1 aromatic heterocycles. The van der Waals surface area contributed by atoms with Gasteiger partial charge in [-0.3, -0.25) is 9.59 Å². The van der Waals surface area contributed by atoms with Gasteiger partial charge in [0.1, 0.15) is 11.6 Å². The quantitative estimate of drug-likeness (QED) is 0.466. The van der Waals surface area contributed by atoms with E-state index in [1.54, 1.807) is 11.3 Å². The number of hydrogen-bond acceptors (Lipinski definition) is 5. The lowest BCUT2D eigenvalue weighted by Gasteiger charge is -2.07. The molecule has 0 fully saturated rings. The van der Waals surface area contributed by atoms with E-state index in [0.717, 1.165) is 27.5 Å². The Labute approximate surface area is 170 Å². The van der Waals surface area contributed by atoms with Crippen molar-refractivity contribution < 1.29 is 18.4 Å². The molecule has 2 amide bonds. The standard InChI is InChI=1S/C20H20F2N4O2S/c21-13-7-8-14(15(22)12-13)19(28)24-9-3-6-18(27)23-10-11-25-20-26-16-4-1-2-5-17(16)29-20/h1-2,4-5,7-8,12H,3,6,9-11H2,(H,23,27)(H,24,28)(H,25,26). The maximum absolute atomic E-state index is 13.5. The van der Waals surface area contributed by atoms with E-state index < -0.39 is 17.5 Å². The van der Waals surface area contributed by atoms with E-state index in [1.165, 1.54) is 0 Å². The van der Waals surface area contributed by atoms with Gasteiger partial charge in [0.15, 0.2) is 5.13 Å². The average molecular weight is 418 g/mol. The topological polar surface area (TPSA) is 83.1 Å². The summed E-state index contributed by atoms with van der Waals surface area (Å²) in [5, 5.41) is 9.27. The fraction of sp³-hybridized carbons (Fsp3) is 0.250. The summed E-state index contributed by atoms with van der Waals surface area (Å²) in [6, 6.07) is 10.6. The van der Waals surface area contributed by atoms with E-state index in [2.05, 4.69) is 20.9 Å². The molecule has 9 heteroatoms. The molecule has 3 aromatic rings. The number of anilines is 1. The van der Waals surface area contributed by atoms with Crippen molar-refractivity contribution in [2.24, 2.45) is 0 Å². The summed E-state index contributed by atoms with van der Waals surface area (Å²) in [4.78, 5) is 28.1. The minimum atomic E-state index is -0.916. The van der Waals surface area contributed by atoms with Gasteiger partial charge in [0.25, 0.3) is 5.91 Å². The molecule has 3 rings (SSSR count). The molecule has 152 valence electrons. The van der Waals surface area contributed by atoms with Crippen LogP contribution < -0.4 is 16.0 Å². The van der Waals surface area contributed by atoms with Crippen molar-refractivity contribution in [3.05, 3.63) is 59.7 Å². The van der Waals surface area contributed by atoms with Crippen LogP contribution in [-0.2, 0) is 4.79 Å². The fourth-order valence-corrected chi connectivity index (χ4v) is 3.52. The van der Waals surface area contributed by atoms with Gasteiger partial charge in [0, 0.05) is 32.1 Å². The minimum Gasteiger partial charge on any atom is -0.360 e. The lowest BCUT2D eigenvalue weighted by molar-refractivity contribution is -0.121. The van der Waals surface area contributed by atoms with E-state index in [1.807, 2.05) is 24.3 Å². The highest BCUT2D eigenvalue weighted by atomic mass is 32.1. The number of amides is 2. The molecule has 3 N–H and O–H groups in total. The number of aromatic nitrogens is 1. The van der Waals surface area contributed by atoms with Crippen molar-refractivity contribution in [3.8, 4) is 0 Å². The Bertz CT molecular complexity index is 976. The molecule has 1 heterocycles. The first-order chi connectivity index (χ1) is 14.0. The molecule has 29 heavy (non-hydrogen) atoms. The van der Waals surface area contributed by atoms with Gasteiger partial charge in [0.2, 0.25) is 5.91 Å². The Balaban J connectivity index is 1.29. The third kappa shape index (κ3) is 5.95. The number of fused-ring (bicyclic) bond motifs is 1. The van der Waals surface area contributed by atoms with Crippen LogP contribution in [0.5, 0.6) is 0 Å². The second kappa shape index (κ2) is 9.92. The van der Waals surface area contributed by atoms with Crippen LogP contribution >= 0.6 is 11.3 Å². The highest BCUT2D eigenvalue weighted by Gasteiger charge is 2.12. The van der Waals surface area contributed by atoms with Gasteiger partial charge < -0.3 is 16.0 Å². The zero-order valence-corrected chi connectivity index (χ0v) is 16.3. The lowest BCUT2D eigenvalue weighted by Crippen LogP contribution is -2.30. The van der Waals surface area contributed by atoms with Crippen LogP contribution in [0.4, 0.5) is 13.9 Å². The Morgan fingerprint density at radius 2 is 1.83 bits per heavy atom. The summed E-state index contributed by atoms with van der Waals surface area (Å²) in [6.45, 7) is 1.21. The van der Waals surface area contributed by atoms with Crippen LogP contribution in [0, 0.1) is 11.6 Å². The molecule has 0 atom stereocenters. The molecule has 0 spiro atoms. The van der Waals surface area contributed by atoms with Crippen molar-refractivity contribution in [1.29, 1.82) is 0 Å². The maximum atomic E-state index is 13.5. The summed E-state index contributed by atoms with van der Waals surface area (Å²) < 4.78 is 27.5. The van der Waals surface area contributed by atoms with Gasteiger partial charge in [-0.1, -0.05) is 23.5 Å². The zero-order chi connectivity index (χ0) is 20.6. The van der Waals surface area contributed by atoms with E-state index in [0.29, 0.717) is 25.6 Å². The van der Waals surface area contributed by atoms with Crippen molar-refractivity contribution in [1.82, 2.24) is 15.6 Å². The highest BCUT2D eigenvalue weighted by Crippen LogP contribution is 2.24. The Morgan fingerprint density at radius 1 is 1.00 bits per heavy atom. The van der Waals surface area contributed by atoms with Crippen LogP contribution in [0.15, 0.2) is 42.5 Å². The van der Waals surface area contributed by atoms with E-state index in [-0.39, 0.29) is 24.4 Å². The number of nitrogens with one attached hydrogen (secondary N) is 3. The third-order valence-electron chi connectivity index (χ3n) is 4.06. The first-order valence-corrected chi connectivity index (χ1v) is 9.94. The SMILES string of the molecule is O=C(CCCNC(=O)c1ccc(F)cc1F)NCCNc1nc2ccccc2s1. The molecule has 0 radical (unpaired) electrons. The summed E-state index contributed by atoms with van der Waals surface area (Å²) in [6.07, 6.45) is 0.638. The predicted octanol–water partition coefficient (Wildman–Crippen LogP) is 3.31. The lowest BCUT2D eigenvalue weighted by atomic mass is 10.2. The van der Waals surface area contributed by atoms with Crippen LogP contribution in [-0.4, -0.2) is 36.4 Å². The van der Waals surface area contributed by atoms with Gasteiger partial charge in [-0.05, 0) is 30.7 Å². The van der Waals surface area contributed by atoms with E-state index in [9.17, 15) is 18.4 Å². The van der Waals surface area contributed by atoms with Crippen molar-refractivity contribution >= 4 is 38.5 Å². The summed E-state index contributed by atoms with van der Waals surface area (Å²) in [7, 11) is 0. The highest BCUT2D eigenvalue weighted by molar-refractivity contribution is 7.22. The van der Waals surface area contributed by atoms with Crippen molar-refractivity contribution in [3.63, 3.8) is 0 Å². The average Bonchev–Trinajstić information content (AvgIpc) is 3.11. The number of thiazole rings is 1. The first kappa shape index (κ1) is 20.7. The third-order valence-corrected chi connectivity index (χ3v) is 5.05. The van der Waals surface area contributed by atoms with Crippen molar-refractivity contribution in [2.75, 3.05) is 25.0 Å². The molecule has 0 bridgehead atoms. The second-order valence-electron chi connectivity index (χ2n) is 6.25. The molecular formula is C20H20F2N4O2S. The number of rotatable bonds is 9. The van der Waals surface area contributed by atoms with Crippen LogP contribution in [0.3, 0.4) is 0 Å². The number of halogens is 2. The van der Waals surface area contributed by atoms with Gasteiger partial charge in [-0.15, -0.1) is 0 Å². The van der Waals surface area contributed by atoms with Crippen LogP contribution in [0.1, 0.15) is 23.2 Å². The predicted molar refractivity (Wildman–Crippen MR) is 109 cm³/mol. The molecule has 0 aliphatic heterocycles. The van der Waals surface area contributed by atoms with Gasteiger partial charge in [-0.2, -0.15) is 0 Å². The summed E-state index contributed by atoms with van der Waals surface area (Å²) in [5.41, 5.74) is 0.711. The minimum absolute atomic E-state index is 0.140. The molecule has 0 aliphatic rings. The van der Waals surface area contributed by atoms with Gasteiger partial charge in [0.05, 0.1) is 15.8 Å². The number of carbonyl (C=O) groups is 2. The monoisotopic (exact) mass is 418 g/mol. The van der Waals surface area contributed by atoms with E-state index >= 15 is 0 Å². The normalized spacial score (nSPS) is 10.7. The Hall–Kier alpha value is -3.07. The molecule has 2 aromatic carbocycles. The summed E-state index contributed by atoms with van der Waals surface area (Å²) in [5.74, 6) is -2.43. The number of nitrogens with zero attached hydrogens (tertiary/aromatic N) is 1. The number of benzene rings is 2. The smallest absolute Gasteiger partial charge is 0.254 e. The van der Waals surface area contributed by atoms with Gasteiger partial charge >= 0.3 is 0 Å². The van der Waals surface area contributed by atoms with E-state index in [4.69, 9.17) is 0 Å². The number of para-hydroxylation sites is 1. The second-order valence-corrected chi connectivity index (χ2v) is 7.28. The Morgan fingerprint density at radius 3 is 2.62 bits per heavy atom. The summed E-state index contributed by atoms with van der Waals surface area (Å²) >= 11 is 1.55. The molecule has 0 unspecified atom stereocenters. The molecule has 6 nitrogen and oxygen atoms in total. The fourth-order valence-electron chi connectivity index (χ4n) is 2.63. The Kier molecular flexibility index (Phi) is 7.07. The maximum Gasteiger partial charge on any atom is 0.254 e. The molecule has 0 saturated carbocycles. The number of hydrogen-bond donors (Lipinski definition) is 3. The van der Waals surface area contributed by atoms with Crippen LogP contribution in [0.25, 0.3) is 10.2 Å². The van der Waals surface area contributed by atoms with Gasteiger partial charge in [-0.25, -0.2) is 13.8 Å². The molecular weight excluding hydrogens is 398 g/mol. The molecule has 0 saturated heterocycles. The molecule has 0 aliphatic carbocycles. The first-order valence-electron chi connectivity index (χ1n) is 9.12. The zero-order valence-electron chi connectivity index (χ0n) is 15.5.